The number of aromatic nitrogens is 1. The highest BCUT2D eigenvalue weighted by Crippen LogP contribution is 2.17. The lowest BCUT2D eigenvalue weighted by Gasteiger charge is -2.15. The summed E-state index contributed by atoms with van der Waals surface area (Å²) in [4.78, 5) is 6.77. The number of likely N-dealkylation sites (tertiary alicyclic amines) is 1. The molecule has 1 unspecified atom stereocenters. The second-order valence-electron chi connectivity index (χ2n) is 4.43. The number of hydrogen-bond acceptors (Lipinski definition) is 3. The van der Waals surface area contributed by atoms with Gasteiger partial charge in [-0.25, -0.2) is 0 Å². The van der Waals surface area contributed by atoms with Crippen LogP contribution in [0.2, 0.25) is 0 Å². The van der Waals surface area contributed by atoms with E-state index in [2.05, 4.69) is 22.0 Å². The largest absolute Gasteiger partial charge is 0.330 e. The summed E-state index contributed by atoms with van der Waals surface area (Å²) in [6, 6.07) is 4.24. The number of pyridine rings is 1. The molecule has 1 saturated heterocycles. The summed E-state index contributed by atoms with van der Waals surface area (Å²) >= 11 is 0. The summed E-state index contributed by atoms with van der Waals surface area (Å²) in [6.07, 6.45) is 3.22. The zero-order chi connectivity index (χ0) is 10.7. The van der Waals surface area contributed by atoms with E-state index < -0.39 is 0 Å². The van der Waals surface area contributed by atoms with Crippen LogP contribution in [0.4, 0.5) is 0 Å². The molecular weight excluding hydrogens is 186 g/mol. The third kappa shape index (κ3) is 2.76. The fourth-order valence-electron chi connectivity index (χ4n) is 2.10. The minimum absolute atomic E-state index is 0.698. The smallest absolute Gasteiger partial charge is 0.0372 e. The second-order valence-corrected chi connectivity index (χ2v) is 4.43. The SMILES string of the molecule is Cc1ccc(CN2CCC(CN)C2)cn1. The third-order valence-corrected chi connectivity index (χ3v) is 3.08. The van der Waals surface area contributed by atoms with Crippen molar-refractivity contribution in [2.24, 2.45) is 11.7 Å². The third-order valence-electron chi connectivity index (χ3n) is 3.08. The van der Waals surface area contributed by atoms with Crippen LogP contribution in [0.15, 0.2) is 18.3 Å². The van der Waals surface area contributed by atoms with Crippen LogP contribution < -0.4 is 5.73 Å². The summed E-state index contributed by atoms with van der Waals surface area (Å²) in [5, 5.41) is 0. The van der Waals surface area contributed by atoms with Crippen molar-refractivity contribution < 1.29 is 0 Å². The van der Waals surface area contributed by atoms with Crippen LogP contribution in [0.3, 0.4) is 0 Å². The first kappa shape index (κ1) is 10.6. The van der Waals surface area contributed by atoms with E-state index in [0.29, 0.717) is 5.92 Å². The summed E-state index contributed by atoms with van der Waals surface area (Å²) in [5.74, 6) is 0.698. The lowest BCUT2D eigenvalue weighted by molar-refractivity contribution is 0.317. The van der Waals surface area contributed by atoms with Gasteiger partial charge in [0.1, 0.15) is 0 Å². The topological polar surface area (TPSA) is 42.1 Å². The normalized spacial score (nSPS) is 22.1. The maximum absolute atomic E-state index is 5.67. The molecule has 3 nitrogen and oxygen atoms in total. The standard InChI is InChI=1S/C12H19N3/c1-10-2-3-12(7-14-10)9-15-5-4-11(6-13)8-15/h2-3,7,11H,4-6,8-9,13H2,1H3. The maximum Gasteiger partial charge on any atom is 0.0372 e. The van der Waals surface area contributed by atoms with Crippen molar-refractivity contribution in [3.05, 3.63) is 29.6 Å². The molecule has 82 valence electrons. The van der Waals surface area contributed by atoms with Crippen LogP contribution in [-0.2, 0) is 6.54 Å². The van der Waals surface area contributed by atoms with Crippen LogP contribution in [0.25, 0.3) is 0 Å². The Hall–Kier alpha value is -0.930. The number of hydrogen-bond donors (Lipinski definition) is 1. The molecule has 0 amide bonds. The summed E-state index contributed by atoms with van der Waals surface area (Å²) in [6.45, 7) is 6.18. The Morgan fingerprint density at radius 1 is 1.53 bits per heavy atom. The van der Waals surface area contributed by atoms with Gasteiger partial charge in [-0.05, 0) is 44.0 Å². The molecule has 1 aromatic rings. The first-order chi connectivity index (χ1) is 7.28. The highest BCUT2D eigenvalue weighted by Gasteiger charge is 2.20. The minimum atomic E-state index is 0.698. The van der Waals surface area contributed by atoms with E-state index in [1.807, 2.05) is 13.1 Å². The van der Waals surface area contributed by atoms with Crippen molar-refractivity contribution in [3.63, 3.8) is 0 Å². The van der Waals surface area contributed by atoms with E-state index >= 15 is 0 Å². The van der Waals surface area contributed by atoms with Gasteiger partial charge in [-0.1, -0.05) is 6.07 Å². The Balaban J connectivity index is 1.90. The number of nitrogens with two attached hydrogens (primary N) is 1. The summed E-state index contributed by atoms with van der Waals surface area (Å²) in [7, 11) is 0. The Morgan fingerprint density at radius 3 is 3.00 bits per heavy atom. The van der Waals surface area contributed by atoms with Crippen molar-refractivity contribution in [1.29, 1.82) is 0 Å². The molecule has 0 bridgehead atoms. The zero-order valence-electron chi connectivity index (χ0n) is 9.32. The second kappa shape index (κ2) is 4.73. The Bertz CT molecular complexity index is 307. The van der Waals surface area contributed by atoms with E-state index in [-0.39, 0.29) is 0 Å². The maximum atomic E-state index is 5.67. The van der Waals surface area contributed by atoms with Crippen LogP contribution in [0, 0.1) is 12.8 Å². The monoisotopic (exact) mass is 205 g/mol. The molecule has 0 spiro atoms. The molecule has 0 radical (unpaired) electrons. The molecule has 1 fully saturated rings. The molecule has 15 heavy (non-hydrogen) atoms. The Labute approximate surface area is 91.3 Å². The molecule has 2 N–H and O–H groups in total. The van der Waals surface area contributed by atoms with Crippen molar-refractivity contribution in [2.75, 3.05) is 19.6 Å². The lowest BCUT2D eigenvalue weighted by Crippen LogP contribution is -2.22. The first-order valence-electron chi connectivity index (χ1n) is 5.62. The van der Waals surface area contributed by atoms with Crippen LogP contribution in [0.5, 0.6) is 0 Å². The fraction of sp³-hybridized carbons (Fsp3) is 0.583. The molecule has 0 aliphatic carbocycles. The van der Waals surface area contributed by atoms with Gasteiger partial charge in [0.15, 0.2) is 0 Å². The van der Waals surface area contributed by atoms with Gasteiger partial charge in [-0.2, -0.15) is 0 Å². The number of nitrogens with zero attached hydrogens (tertiary/aromatic N) is 2. The van der Waals surface area contributed by atoms with Gasteiger partial charge in [0, 0.05) is 25.0 Å². The average molecular weight is 205 g/mol. The molecule has 0 saturated carbocycles. The Kier molecular flexibility index (Phi) is 3.34. The highest BCUT2D eigenvalue weighted by atomic mass is 15.1. The van der Waals surface area contributed by atoms with Gasteiger partial charge < -0.3 is 5.73 Å². The number of rotatable bonds is 3. The van der Waals surface area contributed by atoms with E-state index in [1.165, 1.54) is 18.5 Å². The predicted octanol–water partition coefficient (Wildman–Crippen LogP) is 1.17. The van der Waals surface area contributed by atoms with Gasteiger partial charge in [0.25, 0.3) is 0 Å². The van der Waals surface area contributed by atoms with E-state index in [9.17, 15) is 0 Å². The number of aryl methyl sites for hydroxylation is 1. The van der Waals surface area contributed by atoms with Crippen molar-refractivity contribution in [2.45, 2.75) is 19.9 Å². The molecule has 1 aliphatic heterocycles. The Morgan fingerprint density at radius 2 is 2.40 bits per heavy atom. The minimum Gasteiger partial charge on any atom is -0.330 e. The zero-order valence-corrected chi connectivity index (χ0v) is 9.32. The molecule has 2 heterocycles. The molecule has 1 atom stereocenters. The molecule has 0 aromatic carbocycles. The van der Waals surface area contributed by atoms with E-state index in [0.717, 1.165) is 25.3 Å². The summed E-state index contributed by atoms with van der Waals surface area (Å²) < 4.78 is 0. The molecule has 1 aliphatic rings. The van der Waals surface area contributed by atoms with E-state index in [4.69, 9.17) is 5.73 Å². The summed E-state index contributed by atoms with van der Waals surface area (Å²) in [5.41, 5.74) is 8.06. The van der Waals surface area contributed by atoms with Gasteiger partial charge in [0.05, 0.1) is 0 Å². The first-order valence-corrected chi connectivity index (χ1v) is 5.62. The van der Waals surface area contributed by atoms with Gasteiger partial charge in [-0.15, -0.1) is 0 Å². The lowest BCUT2D eigenvalue weighted by atomic mass is 10.1. The molecule has 1 aromatic heterocycles. The highest BCUT2D eigenvalue weighted by molar-refractivity contribution is 5.13. The van der Waals surface area contributed by atoms with Gasteiger partial charge >= 0.3 is 0 Å². The molecule has 3 heteroatoms. The predicted molar refractivity (Wildman–Crippen MR) is 61.4 cm³/mol. The van der Waals surface area contributed by atoms with Crippen LogP contribution in [0.1, 0.15) is 17.7 Å². The fourth-order valence-corrected chi connectivity index (χ4v) is 2.10. The van der Waals surface area contributed by atoms with Crippen molar-refractivity contribution in [3.8, 4) is 0 Å². The van der Waals surface area contributed by atoms with Crippen molar-refractivity contribution in [1.82, 2.24) is 9.88 Å². The van der Waals surface area contributed by atoms with Gasteiger partial charge in [-0.3, -0.25) is 9.88 Å². The molecule has 2 rings (SSSR count). The molecular formula is C12H19N3. The van der Waals surface area contributed by atoms with Crippen LogP contribution in [-0.4, -0.2) is 29.5 Å². The quantitative estimate of drug-likeness (QED) is 0.805. The van der Waals surface area contributed by atoms with E-state index in [1.54, 1.807) is 0 Å². The average Bonchev–Trinajstić information content (AvgIpc) is 2.69. The van der Waals surface area contributed by atoms with Gasteiger partial charge in [0.2, 0.25) is 0 Å². The van der Waals surface area contributed by atoms with Crippen molar-refractivity contribution >= 4 is 0 Å². The van der Waals surface area contributed by atoms with Crippen LogP contribution >= 0.6 is 0 Å².